The van der Waals surface area contributed by atoms with Crippen LogP contribution in [0.3, 0.4) is 0 Å². The van der Waals surface area contributed by atoms with Gasteiger partial charge in [0.2, 0.25) is 0 Å². The fourth-order valence-electron chi connectivity index (χ4n) is 2.90. The summed E-state index contributed by atoms with van der Waals surface area (Å²) in [4.78, 5) is 0. The number of phenolic OH excluding ortho intramolecular Hbond substituents is 1. The van der Waals surface area contributed by atoms with Gasteiger partial charge in [0.1, 0.15) is 0 Å². The minimum absolute atomic E-state index is 0.163. The normalized spacial score (nSPS) is 26.5. The van der Waals surface area contributed by atoms with Gasteiger partial charge in [0.15, 0.2) is 11.6 Å². The van der Waals surface area contributed by atoms with Gasteiger partial charge in [-0.25, -0.2) is 4.39 Å². The average Bonchev–Trinajstić information content (AvgIpc) is 2.74. The molecule has 1 aliphatic rings. The first-order valence-corrected chi connectivity index (χ1v) is 5.49. The van der Waals surface area contributed by atoms with Crippen molar-refractivity contribution in [1.29, 1.82) is 0 Å². The minimum Gasteiger partial charge on any atom is -0.505 e. The van der Waals surface area contributed by atoms with Crippen molar-refractivity contribution in [1.82, 2.24) is 0 Å². The highest BCUT2D eigenvalue weighted by Crippen LogP contribution is 2.67. The molecular weight excluding hydrogens is 203 g/mol. The quantitative estimate of drug-likeness (QED) is 0.751. The zero-order valence-corrected chi connectivity index (χ0v) is 9.92. The van der Waals surface area contributed by atoms with E-state index in [1.165, 1.54) is 12.1 Å². The fraction of sp³-hybridized carbons (Fsp3) is 0.429. The van der Waals surface area contributed by atoms with Gasteiger partial charge < -0.3 is 5.11 Å². The zero-order chi connectivity index (χ0) is 12.1. The summed E-state index contributed by atoms with van der Waals surface area (Å²) in [6, 6.07) is 4.61. The second-order valence-electron chi connectivity index (χ2n) is 5.33. The summed E-state index contributed by atoms with van der Waals surface area (Å²) < 4.78 is 13.0. The molecule has 2 atom stereocenters. The molecule has 2 rings (SSSR count). The Morgan fingerprint density at radius 1 is 1.44 bits per heavy atom. The molecule has 2 heteroatoms. The van der Waals surface area contributed by atoms with E-state index in [9.17, 15) is 9.50 Å². The van der Waals surface area contributed by atoms with Crippen molar-refractivity contribution in [2.75, 3.05) is 0 Å². The molecule has 1 aromatic carbocycles. The summed E-state index contributed by atoms with van der Waals surface area (Å²) in [5.41, 5.74) is 2.31. The van der Waals surface area contributed by atoms with Crippen LogP contribution >= 0.6 is 0 Å². The second kappa shape index (κ2) is 3.34. The maximum Gasteiger partial charge on any atom is 0.164 e. The zero-order valence-electron chi connectivity index (χ0n) is 9.92. The highest BCUT2D eigenvalue weighted by atomic mass is 19.1. The summed E-state index contributed by atoms with van der Waals surface area (Å²) >= 11 is 0. The molecule has 1 saturated carbocycles. The largest absolute Gasteiger partial charge is 0.505 e. The van der Waals surface area contributed by atoms with Gasteiger partial charge in [-0.05, 0) is 41.9 Å². The highest BCUT2D eigenvalue weighted by molar-refractivity contribution is 5.40. The van der Waals surface area contributed by atoms with E-state index in [4.69, 9.17) is 0 Å². The fourth-order valence-corrected chi connectivity index (χ4v) is 2.90. The van der Waals surface area contributed by atoms with Gasteiger partial charge >= 0.3 is 0 Å². The molecule has 1 aromatic rings. The number of hydrogen-bond acceptors (Lipinski definition) is 1. The van der Waals surface area contributed by atoms with Crippen molar-refractivity contribution < 1.29 is 9.50 Å². The van der Waals surface area contributed by atoms with Gasteiger partial charge in [-0.3, -0.25) is 0 Å². The monoisotopic (exact) mass is 220 g/mol. The van der Waals surface area contributed by atoms with Gasteiger partial charge in [-0.1, -0.05) is 32.1 Å². The molecule has 1 aliphatic carbocycles. The number of phenols is 1. The molecule has 1 nitrogen and oxygen atoms in total. The number of halogens is 1. The summed E-state index contributed by atoms with van der Waals surface area (Å²) in [7, 11) is 0. The number of benzene rings is 1. The first-order valence-electron chi connectivity index (χ1n) is 5.49. The van der Waals surface area contributed by atoms with Crippen molar-refractivity contribution in [3.63, 3.8) is 0 Å². The summed E-state index contributed by atoms with van der Waals surface area (Å²) in [6.07, 6.45) is 0. The van der Waals surface area contributed by atoms with Crippen molar-refractivity contribution >= 4 is 0 Å². The van der Waals surface area contributed by atoms with Crippen molar-refractivity contribution in [3.8, 4) is 5.75 Å². The molecule has 0 aliphatic heterocycles. The molecule has 0 bridgehead atoms. The van der Waals surface area contributed by atoms with E-state index in [0.29, 0.717) is 11.8 Å². The van der Waals surface area contributed by atoms with E-state index in [0.717, 1.165) is 11.1 Å². The van der Waals surface area contributed by atoms with E-state index in [1.54, 1.807) is 6.07 Å². The molecule has 0 heterocycles. The van der Waals surface area contributed by atoms with Crippen LogP contribution in [-0.4, -0.2) is 5.11 Å². The average molecular weight is 220 g/mol. The molecule has 0 amide bonds. The van der Waals surface area contributed by atoms with Crippen molar-refractivity contribution in [3.05, 3.63) is 41.7 Å². The Bertz CT molecular complexity index is 448. The van der Waals surface area contributed by atoms with E-state index in [2.05, 4.69) is 20.4 Å². The van der Waals surface area contributed by atoms with Crippen LogP contribution in [0.4, 0.5) is 4.39 Å². The molecule has 2 unspecified atom stereocenters. The topological polar surface area (TPSA) is 20.2 Å². The van der Waals surface area contributed by atoms with Crippen LogP contribution < -0.4 is 0 Å². The summed E-state index contributed by atoms with van der Waals surface area (Å²) in [5.74, 6) is -0.0522. The Labute approximate surface area is 95.6 Å². The summed E-state index contributed by atoms with van der Waals surface area (Å²) in [6.45, 7) is 10.4. The number of allylic oxidation sites excluding steroid dienone is 1. The molecule has 0 saturated heterocycles. The lowest BCUT2D eigenvalue weighted by Crippen LogP contribution is -1.91. The first-order chi connectivity index (χ1) is 7.35. The van der Waals surface area contributed by atoms with Gasteiger partial charge in [0.05, 0.1) is 0 Å². The standard InChI is InChI=1S/C14H17FO/c1-8(2)12-13(14(12,3)4)9-5-6-10(15)11(16)7-9/h5-7,12-13,16H,1H2,2-4H3. The number of rotatable bonds is 2. The van der Waals surface area contributed by atoms with Crippen LogP contribution in [0.1, 0.15) is 32.3 Å². The smallest absolute Gasteiger partial charge is 0.164 e. The van der Waals surface area contributed by atoms with Crippen LogP contribution in [0, 0.1) is 17.2 Å². The number of aromatic hydroxyl groups is 1. The van der Waals surface area contributed by atoms with Gasteiger partial charge in [0.25, 0.3) is 0 Å². The maximum absolute atomic E-state index is 13.0. The SMILES string of the molecule is C=C(C)C1C(c2ccc(F)c(O)c2)C1(C)C. The Balaban J connectivity index is 2.33. The van der Waals surface area contributed by atoms with Crippen LogP contribution in [0.2, 0.25) is 0 Å². The third kappa shape index (κ3) is 1.53. The lowest BCUT2D eigenvalue weighted by molar-refractivity contribution is 0.431. The lowest BCUT2D eigenvalue weighted by Gasteiger charge is -2.04. The molecule has 0 spiro atoms. The predicted molar refractivity (Wildman–Crippen MR) is 62.9 cm³/mol. The second-order valence-corrected chi connectivity index (χ2v) is 5.33. The Kier molecular flexibility index (Phi) is 2.33. The molecule has 1 N–H and O–H groups in total. The van der Waals surface area contributed by atoms with Gasteiger partial charge in [-0.2, -0.15) is 0 Å². The highest BCUT2D eigenvalue weighted by Gasteiger charge is 2.58. The van der Waals surface area contributed by atoms with Gasteiger partial charge in [0, 0.05) is 0 Å². The Morgan fingerprint density at radius 3 is 2.50 bits per heavy atom. The van der Waals surface area contributed by atoms with E-state index >= 15 is 0 Å². The third-order valence-corrected chi connectivity index (χ3v) is 3.69. The predicted octanol–water partition coefficient (Wildman–Crippen LogP) is 3.85. The molecule has 16 heavy (non-hydrogen) atoms. The minimum atomic E-state index is -0.561. The molecule has 86 valence electrons. The maximum atomic E-state index is 13.0. The molecule has 0 radical (unpaired) electrons. The van der Waals surface area contributed by atoms with E-state index in [-0.39, 0.29) is 11.2 Å². The van der Waals surface area contributed by atoms with Gasteiger partial charge in [-0.15, -0.1) is 0 Å². The lowest BCUT2D eigenvalue weighted by atomic mass is 10.0. The third-order valence-electron chi connectivity index (χ3n) is 3.69. The molecule has 1 fully saturated rings. The molecular formula is C14H17FO. The Morgan fingerprint density at radius 2 is 2.06 bits per heavy atom. The number of hydrogen-bond donors (Lipinski definition) is 1. The first kappa shape index (κ1) is 11.2. The summed E-state index contributed by atoms with van der Waals surface area (Å²) in [5, 5.41) is 9.37. The van der Waals surface area contributed by atoms with Crippen LogP contribution in [0.5, 0.6) is 5.75 Å². The van der Waals surface area contributed by atoms with Crippen LogP contribution in [-0.2, 0) is 0 Å². The van der Waals surface area contributed by atoms with Crippen LogP contribution in [0.15, 0.2) is 30.4 Å². The van der Waals surface area contributed by atoms with E-state index < -0.39 is 5.82 Å². The van der Waals surface area contributed by atoms with E-state index in [1.807, 2.05) is 6.92 Å². The van der Waals surface area contributed by atoms with Crippen molar-refractivity contribution in [2.24, 2.45) is 11.3 Å². The van der Waals surface area contributed by atoms with Crippen molar-refractivity contribution in [2.45, 2.75) is 26.7 Å². The Hall–Kier alpha value is -1.31. The molecule has 0 aromatic heterocycles. The van der Waals surface area contributed by atoms with Crippen LogP contribution in [0.25, 0.3) is 0 Å².